The zero-order valence-corrected chi connectivity index (χ0v) is 16.8. The van der Waals surface area contributed by atoms with E-state index in [9.17, 15) is 13.2 Å². The fraction of sp³-hybridized carbons (Fsp3) is 0.188. The van der Waals surface area contributed by atoms with Crippen LogP contribution in [0.5, 0.6) is 0 Å². The lowest BCUT2D eigenvalue weighted by molar-refractivity contribution is 0.0949. The second-order valence-corrected chi connectivity index (χ2v) is 8.92. The number of halogens is 2. The molecule has 0 spiro atoms. The zero-order valence-electron chi connectivity index (χ0n) is 13.1. The number of rotatable bonds is 5. The molecule has 0 atom stereocenters. The van der Waals surface area contributed by atoms with Crippen LogP contribution in [0.15, 0.2) is 47.4 Å². The molecule has 0 radical (unpaired) electrons. The van der Waals surface area contributed by atoms with E-state index in [1.807, 2.05) is 22.6 Å². The summed E-state index contributed by atoms with van der Waals surface area (Å²) in [7, 11) is -0.625. The van der Waals surface area contributed by atoms with Gasteiger partial charge in [-0.05, 0) is 52.4 Å². The average molecular weight is 479 g/mol. The summed E-state index contributed by atoms with van der Waals surface area (Å²) in [6, 6.07) is 11.6. The fourth-order valence-corrected chi connectivity index (χ4v) is 4.27. The molecule has 24 heavy (non-hydrogen) atoms. The molecule has 0 fully saturated rings. The second kappa shape index (κ2) is 7.81. The molecule has 0 aliphatic heterocycles. The van der Waals surface area contributed by atoms with Crippen LogP contribution in [0, 0.1) is 3.57 Å². The van der Waals surface area contributed by atoms with Crippen molar-refractivity contribution in [3.63, 3.8) is 0 Å². The van der Waals surface area contributed by atoms with Crippen LogP contribution in [0.2, 0.25) is 5.02 Å². The van der Waals surface area contributed by atoms with Crippen molar-refractivity contribution in [3.05, 3.63) is 62.2 Å². The number of hydrogen-bond acceptors (Lipinski definition) is 3. The van der Waals surface area contributed by atoms with Crippen LogP contribution in [0.4, 0.5) is 0 Å². The predicted molar refractivity (Wildman–Crippen MR) is 103 cm³/mol. The highest BCUT2D eigenvalue weighted by atomic mass is 127. The van der Waals surface area contributed by atoms with Crippen LogP contribution >= 0.6 is 34.2 Å². The third-order valence-electron chi connectivity index (χ3n) is 3.35. The largest absolute Gasteiger partial charge is 0.348 e. The molecule has 0 saturated carbocycles. The van der Waals surface area contributed by atoms with E-state index in [2.05, 4.69) is 5.32 Å². The van der Waals surface area contributed by atoms with Gasteiger partial charge >= 0.3 is 0 Å². The van der Waals surface area contributed by atoms with Gasteiger partial charge < -0.3 is 5.32 Å². The highest BCUT2D eigenvalue weighted by Crippen LogP contribution is 2.20. The maximum absolute atomic E-state index is 12.4. The van der Waals surface area contributed by atoms with Crippen LogP contribution in [-0.2, 0) is 16.6 Å². The molecule has 0 unspecified atom stereocenters. The van der Waals surface area contributed by atoms with Crippen molar-refractivity contribution in [1.29, 1.82) is 0 Å². The first-order valence-corrected chi connectivity index (χ1v) is 9.87. The van der Waals surface area contributed by atoms with Gasteiger partial charge in [0.05, 0.1) is 10.5 Å². The van der Waals surface area contributed by atoms with Crippen LogP contribution < -0.4 is 5.32 Å². The summed E-state index contributed by atoms with van der Waals surface area (Å²) in [5, 5.41) is 3.31. The normalized spacial score (nSPS) is 11.5. The number of nitrogens with zero attached hydrogens (tertiary/aromatic N) is 1. The van der Waals surface area contributed by atoms with Crippen LogP contribution in [0.3, 0.4) is 0 Å². The topological polar surface area (TPSA) is 66.5 Å². The van der Waals surface area contributed by atoms with Crippen molar-refractivity contribution in [3.8, 4) is 0 Å². The number of hydrogen-bond donors (Lipinski definition) is 1. The highest BCUT2D eigenvalue weighted by Gasteiger charge is 2.21. The number of amides is 1. The van der Waals surface area contributed by atoms with E-state index in [1.165, 1.54) is 20.2 Å². The van der Waals surface area contributed by atoms with Crippen molar-refractivity contribution in [2.45, 2.75) is 11.4 Å². The molecule has 0 aromatic heterocycles. The standard InChI is InChI=1S/C16H16ClIN2O3S/c1-20(2)24(22,23)15-6-4-3-5-11(15)10-19-16(21)13-8-7-12(17)9-14(13)18/h3-9H,10H2,1-2H3,(H,19,21). The molecule has 2 aromatic rings. The molecule has 2 rings (SSSR count). The molecule has 2 aromatic carbocycles. The Hall–Kier alpha value is -1.16. The Labute approximate surface area is 160 Å². The van der Waals surface area contributed by atoms with Crippen molar-refractivity contribution in [1.82, 2.24) is 9.62 Å². The Morgan fingerprint density at radius 1 is 1.21 bits per heavy atom. The first-order valence-electron chi connectivity index (χ1n) is 6.97. The highest BCUT2D eigenvalue weighted by molar-refractivity contribution is 14.1. The molecule has 0 heterocycles. The molecular weight excluding hydrogens is 463 g/mol. The molecule has 128 valence electrons. The van der Waals surface area contributed by atoms with Gasteiger partial charge in [0.25, 0.3) is 5.91 Å². The first kappa shape index (κ1) is 19.2. The summed E-state index contributed by atoms with van der Waals surface area (Å²) >= 11 is 7.92. The number of benzene rings is 2. The van der Waals surface area contributed by atoms with Gasteiger partial charge in [0.15, 0.2) is 0 Å². The monoisotopic (exact) mass is 478 g/mol. The van der Waals surface area contributed by atoms with E-state index in [0.717, 1.165) is 7.88 Å². The summed E-state index contributed by atoms with van der Waals surface area (Å²) in [6.45, 7) is 0.112. The zero-order chi connectivity index (χ0) is 17.9. The Balaban J connectivity index is 2.23. The summed E-state index contributed by atoms with van der Waals surface area (Å²) in [4.78, 5) is 12.5. The summed E-state index contributed by atoms with van der Waals surface area (Å²) in [5.41, 5.74) is 1.02. The van der Waals surface area contributed by atoms with Crippen molar-refractivity contribution in [2.75, 3.05) is 14.1 Å². The molecular formula is C16H16ClIN2O3S. The number of nitrogens with one attached hydrogen (secondary N) is 1. The molecule has 1 N–H and O–H groups in total. The minimum Gasteiger partial charge on any atom is -0.348 e. The van der Waals surface area contributed by atoms with E-state index < -0.39 is 10.0 Å². The summed E-state index contributed by atoms with van der Waals surface area (Å²) < 4.78 is 26.6. The molecule has 5 nitrogen and oxygen atoms in total. The Kier molecular flexibility index (Phi) is 6.24. The fourth-order valence-electron chi connectivity index (χ4n) is 2.04. The third-order valence-corrected chi connectivity index (χ3v) is 6.39. The third kappa shape index (κ3) is 4.27. The minimum atomic E-state index is -3.57. The number of carbonyl (C=O) groups is 1. The molecule has 8 heteroatoms. The van der Waals surface area contributed by atoms with Gasteiger partial charge in [0, 0.05) is 29.2 Å². The number of sulfonamides is 1. The molecule has 0 aliphatic carbocycles. The average Bonchev–Trinajstić information content (AvgIpc) is 2.52. The van der Waals surface area contributed by atoms with Crippen LogP contribution in [-0.4, -0.2) is 32.7 Å². The van der Waals surface area contributed by atoms with Gasteiger partial charge in [-0.3, -0.25) is 4.79 Å². The predicted octanol–water partition coefficient (Wildman–Crippen LogP) is 3.12. The van der Waals surface area contributed by atoms with Gasteiger partial charge in [0.1, 0.15) is 0 Å². The van der Waals surface area contributed by atoms with Crippen molar-refractivity contribution < 1.29 is 13.2 Å². The van der Waals surface area contributed by atoms with Gasteiger partial charge in [-0.1, -0.05) is 29.8 Å². The van der Waals surface area contributed by atoms with Gasteiger partial charge in [-0.25, -0.2) is 12.7 Å². The van der Waals surface area contributed by atoms with Gasteiger partial charge in [0.2, 0.25) is 10.0 Å². The van der Waals surface area contributed by atoms with E-state index in [4.69, 9.17) is 11.6 Å². The lowest BCUT2D eigenvalue weighted by Gasteiger charge is -2.15. The van der Waals surface area contributed by atoms with Crippen LogP contribution in [0.25, 0.3) is 0 Å². The maximum atomic E-state index is 12.4. The first-order chi connectivity index (χ1) is 11.2. The van der Waals surface area contributed by atoms with E-state index in [1.54, 1.807) is 36.4 Å². The van der Waals surface area contributed by atoms with E-state index >= 15 is 0 Å². The lowest BCUT2D eigenvalue weighted by atomic mass is 10.2. The van der Waals surface area contributed by atoms with Gasteiger partial charge in [-0.2, -0.15) is 0 Å². The Morgan fingerprint density at radius 3 is 2.50 bits per heavy atom. The quantitative estimate of drug-likeness (QED) is 0.672. The Bertz CT molecular complexity index is 869. The molecule has 1 amide bonds. The summed E-state index contributed by atoms with van der Waals surface area (Å²) in [6.07, 6.45) is 0. The minimum absolute atomic E-state index is 0.112. The maximum Gasteiger partial charge on any atom is 0.252 e. The molecule has 0 bridgehead atoms. The van der Waals surface area contributed by atoms with Gasteiger partial charge in [-0.15, -0.1) is 0 Å². The lowest BCUT2D eigenvalue weighted by Crippen LogP contribution is -2.27. The van der Waals surface area contributed by atoms with E-state index in [0.29, 0.717) is 16.1 Å². The van der Waals surface area contributed by atoms with Crippen molar-refractivity contribution >= 4 is 50.1 Å². The Morgan fingerprint density at radius 2 is 1.88 bits per heavy atom. The summed E-state index contributed by atoms with van der Waals surface area (Å²) in [5.74, 6) is -0.284. The second-order valence-electron chi connectivity index (χ2n) is 5.20. The number of carbonyl (C=O) groups excluding carboxylic acids is 1. The van der Waals surface area contributed by atoms with Crippen LogP contribution in [0.1, 0.15) is 15.9 Å². The van der Waals surface area contributed by atoms with Crippen molar-refractivity contribution in [2.24, 2.45) is 0 Å². The SMILES string of the molecule is CN(C)S(=O)(=O)c1ccccc1CNC(=O)c1ccc(Cl)cc1I. The molecule has 0 aliphatic rings. The molecule has 0 saturated heterocycles. The smallest absolute Gasteiger partial charge is 0.252 e. The van der Waals surface area contributed by atoms with E-state index in [-0.39, 0.29) is 17.3 Å².